The maximum absolute atomic E-state index is 4.01. The molecule has 0 aliphatic carbocycles. The maximum atomic E-state index is 4.01. The summed E-state index contributed by atoms with van der Waals surface area (Å²) in [6.45, 7) is 9.47. The van der Waals surface area contributed by atoms with E-state index in [1.54, 1.807) is 0 Å². The third-order valence-corrected chi connectivity index (χ3v) is 2.57. The summed E-state index contributed by atoms with van der Waals surface area (Å²) in [5, 5.41) is 3.46. The lowest BCUT2D eigenvalue weighted by molar-refractivity contribution is 0.330. The van der Waals surface area contributed by atoms with Crippen molar-refractivity contribution in [1.82, 2.24) is 10.2 Å². The summed E-state index contributed by atoms with van der Waals surface area (Å²) in [5.41, 5.74) is 1.28. The zero-order valence-electron chi connectivity index (χ0n) is 8.43. The molecule has 0 aromatic rings. The molecule has 0 saturated carbocycles. The van der Waals surface area contributed by atoms with Gasteiger partial charge in [0.25, 0.3) is 0 Å². The summed E-state index contributed by atoms with van der Waals surface area (Å²) in [4.78, 5) is 2.30. The fraction of sp³-hybridized carbons (Fsp3) is 0.800. The first-order chi connectivity index (χ1) is 5.61. The average molecular weight is 168 g/mol. The fourth-order valence-corrected chi connectivity index (χ4v) is 1.57. The molecule has 1 aliphatic rings. The molecule has 2 heteroatoms. The van der Waals surface area contributed by atoms with Crippen LogP contribution in [0.1, 0.15) is 26.7 Å². The number of rotatable bonds is 3. The molecule has 1 atom stereocenters. The van der Waals surface area contributed by atoms with Gasteiger partial charge in [-0.25, -0.2) is 0 Å². The minimum Gasteiger partial charge on any atom is -0.374 e. The van der Waals surface area contributed by atoms with Gasteiger partial charge in [-0.05, 0) is 12.8 Å². The summed E-state index contributed by atoms with van der Waals surface area (Å²) in [5.74, 6) is 0. The van der Waals surface area contributed by atoms with Gasteiger partial charge < -0.3 is 10.2 Å². The largest absolute Gasteiger partial charge is 0.374 e. The standard InChI is InChI=1S/C10H20N2/c1-8(2)11-7-10-6-5-9(3)12(10)4/h8,10-11H,3,5-7H2,1-2,4H3. The fourth-order valence-electron chi connectivity index (χ4n) is 1.57. The van der Waals surface area contributed by atoms with Crippen LogP contribution in [0.15, 0.2) is 12.3 Å². The first kappa shape index (κ1) is 9.59. The molecule has 2 nitrogen and oxygen atoms in total. The van der Waals surface area contributed by atoms with Crippen LogP contribution in [0, 0.1) is 0 Å². The van der Waals surface area contributed by atoms with Crippen LogP contribution >= 0.6 is 0 Å². The van der Waals surface area contributed by atoms with E-state index in [2.05, 4.69) is 37.7 Å². The number of hydrogen-bond donors (Lipinski definition) is 1. The normalized spacial score (nSPS) is 24.2. The summed E-state index contributed by atoms with van der Waals surface area (Å²) >= 11 is 0. The number of hydrogen-bond acceptors (Lipinski definition) is 2. The monoisotopic (exact) mass is 168 g/mol. The van der Waals surface area contributed by atoms with E-state index in [0.717, 1.165) is 6.54 Å². The zero-order valence-corrected chi connectivity index (χ0v) is 8.43. The minimum absolute atomic E-state index is 0.590. The molecule has 0 aromatic carbocycles. The lowest BCUT2D eigenvalue weighted by Gasteiger charge is -2.23. The van der Waals surface area contributed by atoms with Crippen LogP contribution in [0.2, 0.25) is 0 Å². The quantitative estimate of drug-likeness (QED) is 0.688. The molecule has 1 N–H and O–H groups in total. The Hall–Kier alpha value is -0.500. The number of nitrogens with zero attached hydrogens (tertiary/aromatic N) is 1. The van der Waals surface area contributed by atoms with Crippen LogP contribution < -0.4 is 5.32 Å². The van der Waals surface area contributed by atoms with Gasteiger partial charge in [0.15, 0.2) is 0 Å². The van der Waals surface area contributed by atoms with Crippen molar-refractivity contribution in [2.24, 2.45) is 0 Å². The van der Waals surface area contributed by atoms with Crippen LogP contribution in [0.4, 0.5) is 0 Å². The molecule has 0 bridgehead atoms. The highest BCUT2D eigenvalue weighted by molar-refractivity contribution is 5.03. The molecule has 12 heavy (non-hydrogen) atoms. The molecular formula is C10H20N2. The smallest absolute Gasteiger partial charge is 0.0411 e. The van der Waals surface area contributed by atoms with Gasteiger partial charge >= 0.3 is 0 Å². The first-order valence-corrected chi connectivity index (χ1v) is 4.75. The van der Waals surface area contributed by atoms with Crippen LogP contribution in [0.5, 0.6) is 0 Å². The van der Waals surface area contributed by atoms with Gasteiger partial charge in [-0.2, -0.15) is 0 Å². The first-order valence-electron chi connectivity index (χ1n) is 4.75. The van der Waals surface area contributed by atoms with Gasteiger partial charge in [0, 0.05) is 31.4 Å². The second-order valence-corrected chi connectivity index (χ2v) is 3.93. The van der Waals surface area contributed by atoms with Crippen LogP contribution in [-0.4, -0.2) is 30.6 Å². The Balaban J connectivity index is 2.29. The number of likely N-dealkylation sites (N-methyl/N-ethyl adjacent to an activating group) is 1. The molecule has 1 unspecified atom stereocenters. The Morgan fingerprint density at radius 3 is 2.75 bits per heavy atom. The molecule has 1 saturated heterocycles. The number of likely N-dealkylation sites (tertiary alicyclic amines) is 1. The van der Waals surface area contributed by atoms with Crippen LogP contribution in [-0.2, 0) is 0 Å². The zero-order chi connectivity index (χ0) is 9.14. The SMILES string of the molecule is C=C1CCC(CNC(C)C)N1C. The van der Waals surface area contributed by atoms with Crippen LogP contribution in [0.25, 0.3) is 0 Å². The molecule has 1 aliphatic heterocycles. The van der Waals surface area contributed by atoms with Gasteiger partial charge in [0.05, 0.1) is 0 Å². The highest BCUT2D eigenvalue weighted by atomic mass is 15.2. The van der Waals surface area contributed by atoms with E-state index >= 15 is 0 Å². The second kappa shape index (κ2) is 3.94. The van der Waals surface area contributed by atoms with E-state index in [1.165, 1.54) is 18.5 Å². The maximum Gasteiger partial charge on any atom is 0.0411 e. The summed E-state index contributed by atoms with van der Waals surface area (Å²) < 4.78 is 0. The lowest BCUT2D eigenvalue weighted by Crippen LogP contribution is -2.37. The molecule has 0 spiro atoms. The Morgan fingerprint density at radius 2 is 2.33 bits per heavy atom. The Bertz CT molecular complexity index is 163. The Morgan fingerprint density at radius 1 is 1.67 bits per heavy atom. The van der Waals surface area contributed by atoms with Crippen molar-refractivity contribution in [3.63, 3.8) is 0 Å². The summed E-state index contributed by atoms with van der Waals surface area (Å²) in [7, 11) is 2.14. The van der Waals surface area contributed by atoms with Crippen LogP contribution in [0.3, 0.4) is 0 Å². The number of nitrogens with one attached hydrogen (secondary N) is 1. The summed E-state index contributed by atoms with van der Waals surface area (Å²) in [6, 6.07) is 1.26. The third-order valence-electron chi connectivity index (χ3n) is 2.57. The molecule has 1 heterocycles. The molecule has 1 fully saturated rings. The minimum atomic E-state index is 0.590. The van der Waals surface area contributed by atoms with Gasteiger partial charge in [-0.15, -0.1) is 0 Å². The molecule has 1 rings (SSSR count). The van der Waals surface area contributed by atoms with E-state index in [0.29, 0.717) is 12.1 Å². The van der Waals surface area contributed by atoms with Crippen molar-refractivity contribution in [2.45, 2.75) is 38.8 Å². The Kier molecular flexibility index (Phi) is 3.15. The second-order valence-electron chi connectivity index (χ2n) is 3.93. The van der Waals surface area contributed by atoms with E-state index < -0.39 is 0 Å². The van der Waals surface area contributed by atoms with Crippen molar-refractivity contribution in [1.29, 1.82) is 0 Å². The van der Waals surface area contributed by atoms with E-state index in [4.69, 9.17) is 0 Å². The van der Waals surface area contributed by atoms with Crippen molar-refractivity contribution in [2.75, 3.05) is 13.6 Å². The van der Waals surface area contributed by atoms with E-state index in [1.807, 2.05) is 0 Å². The highest BCUT2D eigenvalue weighted by Gasteiger charge is 2.22. The van der Waals surface area contributed by atoms with E-state index in [-0.39, 0.29) is 0 Å². The predicted octanol–water partition coefficient (Wildman–Crippen LogP) is 1.59. The third kappa shape index (κ3) is 2.24. The molecule has 70 valence electrons. The lowest BCUT2D eigenvalue weighted by atomic mass is 10.2. The predicted molar refractivity (Wildman–Crippen MR) is 53.1 cm³/mol. The molecular weight excluding hydrogens is 148 g/mol. The van der Waals surface area contributed by atoms with Crippen molar-refractivity contribution in [3.8, 4) is 0 Å². The Labute approximate surface area is 75.6 Å². The van der Waals surface area contributed by atoms with Crippen molar-refractivity contribution >= 4 is 0 Å². The van der Waals surface area contributed by atoms with Gasteiger partial charge in [-0.1, -0.05) is 20.4 Å². The molecule has 0 aromatic heterocycles. The van der Waals surface area contributed by atoms with Crippen molar-refractivity contribution in [3.05, 3.63) is 12.3 Å². The summed E-state index contributed by atoms with van der Waals surface area (Å²) in [6.07, 6.45) is 2.43. The topological polar surface area (TPSA) is 15.3 Å². The average Bonchev–Trinajstić information content (AvgIpc) is 2.30. The molecule has 0 radical (unpaired) electrons. The number of allylic oxidation sites excluding steroid dienone is 1. The highest BCUT2D eigenvalue weighted by Crippen LogP contribution is 2.23. The van der Waals surface area contributed by atoms with Gasteiger partial charge in [0.1, 0.15) is 0 Å². The van der Waals surface area contributed by atoms with E-state index in [9.17, 15) is 0 Å². The van der Waals surface area contributed by atoms with Crippen molar-refractivity contribution < 1.29 is 0 Å². The van der Waals surface area contributed by atoms with Gasteiger partial charge in [-0.3, -0.25) is 0 Å². The van der Waals surface area contributed by atoms with Gasteiger partial charge in [0.2, 0.25) is 0 Å². The molecule has 0 amide bonds.